The molecule has 128 valence electrons. The predicted octanol–water partition coefficient (Wildman–Crippen LogP) is 1.29. The fourth-order valence-electron chi connectivity index (χ4n) is 2.79. The highest BCUT2D eigenvalue weighted by atomic mass is 16.5. The van der Waals surface area contributed by atoms with E-state index in [1.165, 1.54) is 10.8 Å². The minimum Gasteiger partial charge on any atom is -0.438 e. The zero-order valence-electron chi connectivity index (χ0n) is 13.5. The number of hydrogen-bond acceptors (Lipinski definition) is 6. The number of aliphatic hydroxyl groups is 2. The molecule has 1 aliphatic heterocycles. The van der Waals surface area contributed by atoms with Gasteiger partial charge in [0.05, 0.1) is 12.7 Å². The first-order valence-corrected chi connectivity index (χ1v) is 7.77. The zero-order valence-corrected chi connectivity index (χ0v) is 13.5. The van der Waals surface area contributed by atoms with Crippen LogP contribution in [0.5, 0.6) is 11.6 Å². The second kappa shape index (κ2) is 6.72. The van der Waals surface area contributed by atoms with Crippen molar-refractivity contribution >= 4 is 0 Å². The van der Waals surface area contributed by atoms with Crippen molar-refractivity contribution in [3.05, 3.63) is 52.1 Å². The lowest BCUT2D eigenvalue weighted by Crippen LogP contribution is -2.27. The van der Waals surface area contributed by atoms with Crippen LogP contribution in [0.2, 0.25) is 0 Å². The van der Waals surface area contributed by atoms with Gasteiger partial charge in [-0.15, -0.1) is 0 Å². The molecule has 0 amide bonds. The quantitative estimate of drug-likeness (QED) is 0.876. The third-order valence-electron chi connectivity index (χ3n) is 4.11. The summed E-state index contributed by atoms with van der Waals surface area (Å²) in [6.07, 6.45) is -0.393. The average Bonchev–Trinajstić information content (AvgIpc) is 2.92. The Morgan fingerprint density at radius 2 is 2.04 bits per heavy atom. The van der Waals surface area contributed by atoms with Crippen LogP contribution in [0, 0.1) is 13.8 Å². The maximum absolute atomic E-state index is 12.2. The summed E-state index contributed by atoms with van der Waals surface area (Å²) in [5.41, 5.74) is 1.37. The Balaban J connectivity index is 1.82. The third-order valence-corrected chi connectivity index (χ3v) is 4.11. The largest absolute Gasteiger partial charge is 0.438 e. The van der Waals surface area contributed by atoms with Gasteiger partial charge in [0.25, 0.3) is 0 Å². The van der Waals surface area contributed by atoms with Gasteiger partial charge in [0.2, 0.25) is 5.88 Å². The highest BCUT2D eigenvalue weighted by Crippen LogP contribution is 2.29. The number of hydrogen-bond donors (Lipinski definition) is 2. The van der Waals surface area contributed by atoms with Gasteiger partial charge in [-0.2, -0.15) is 4.98 Å². The summed E-state index contributed by atoms with van der Waals surface area (Å²) in [5.74, 6) is 0.876. The highest BCUT2D eigenvalue weighted by Gasteiger charge is 2.34. The van der Waals surface area contributed by atoms with Crippen molar-refractivity contribution in [2.45, 2.75) is 38.7 Å². The van der Waals surface area contributed by atoms with Gasteiger partial charge in [-0.25, -0.2) is 4.79 Å². The van der Waals surface area contributed by atoms with E-state index in [0.717, 1.165) is 11.1 Å². The van der Waals surface area contributed by atoms with Crippen LogP contribution in [0.15, 0.2) is 35.3 Å². The number of ether oxygens (including phenoxy) is 2. The molecule has 7 heteroatoms. The Morgan fingerprint density at radius 1 is 1.33 bits per heavy atom. The third kappa shape index (κ3) is 3.19. The first-order chi connectivity index (χ1) is 11.5. The van der Waals surface area contributed by atoms with Crippen LogP contribution in [0.4, 0.5) is 0 Å². The van der Waals surface area contributed by atoms with E-state index in [4.69, 9.17) is 14.6 Å². The number of para-hydroxylation sites is 1. The first kappa shape index (κ1) is 16.6. The highest BCUT2D eigenvalue weighted by molar-refractivity contribution is 5.41. The summed E-state index contributed by atoms with van der Waals surface area (Å²) < 4.78 is 12.5. The van der Waals surface area contributed by atoms with Gasteiger partial charge in [-0.1, -0.05) is 18.2 Å². The Labute approximate surface area is 139 Å². The summed E-state index contributed by atoms with van der Waals surface area (Å²) in [4.78, 5) is 16.2. The smallest absolute Gasteiger partial charge is 0.352 e. The molecule has 0 aliphatic carbocycles. The molecule has 1 aromatic heterocycles. The molecule has 1 fully saturated rings. The molecule has 0 bridgehead atoms. The lowest BCUT2D eigenvalue weighted by Gasteiger charge is -2.15. The van der Waals surface area contributed by atoms with E-state index in [9.17, 15) is 9.90 Å². The topological polar surface area (TPSA) is 93.8 Å². The molecule has 0 unspecified atom stereocenters. The van der Waals surface area contributed by atoms with Gasteiger partial charge in [0.1, 0.15) is 18.1 Å². The fourth-order valence-corrected chi connectivity index (χ4v) is 2.79. The molecule has 2 heterocycles. The van der Waals surface area contributed by atoms with Gasteiger partial charge >= 0.3 is 5.69 Å². The zero-order chi connectivity index (χ0) is 17.3. The first-order valence-electron chi connectivity index (χ1n) is 7.77. The maximum Gasteiger partial charge on any atom is 0.352 e. The molecule has 1 aromatic carbocycles. The molecule has 0 spiro atoms. The number of aryl methyl sites for hydroxylation is 2. The lowest BCUT2D eigenvalue weighted by molar-refractivity contribution is -0.0459. The van der Waals surface area contributed by atoms with E-state index in [2.05, 4.69) is 4.98 Å². The van der Waals surface area contributed by atoms with E-state index in [0.29, 0.717) is 5.75 Å². The Hall–Kier alpha value is -2.22. The van der Waals surface area contributed by atoms with Gasteiger partial charge < -0.3 is 19.7 Å². The summed E-state index contributed by atoms with van der Waals surface area (Å²) >= 11 is 0. The molecule has 3 rings (SSSR count). The molecule has 7 nitrogen and oxygen atoms in total. The summed E-state index contributed by atoms with van der Waals surface area (Å²) in [7, 11) is 0. The predicted molar refractivity (Wildman–Crippen MR) is 86.1 cm³/mol. The van der Waals surface area contributed by atoms with Crippen molar-refractivity contribution in [1.82, 2.24) is 9.55 Å². The molecule has 0 radical (unpaired) electrons. The number of aliphatic hydroxyl groups excluding tert-OH is 2. The maximum atomic E-state index is 12.2. The van der Waals surface area contributed by atoms with Crippen LogP contribution in [0.3, 0.4) is 0 Å². The second-order valence-corrected chi connectivity index (χ2v) is 5.89. The number of nitrogens with zero attached hydrogens (tertiary/aromatic N) is 2. The second-order valence-electron chi connectivity index (χ2n) is 5.89. The SMILES string of the molecule is Cc1cccc(C)c1Oc1ccn([C@H]2C[C@H](O)[C@@H](CO)O2)c(=O)n1. The van der Waals surface area contributed by atoms with E-state index in [-0.39, 0.29) is 18.9 Å². The average molecular weight is 332 g/mol. The Morgan fingerprint density at radius 3 is 2.62 bits per heavy atom. The van der Waals surface area contributed by atoms with Crippen LogP contribution >= 0.6 is 0 Å². The van der Waals surface area contributed by atoms with Crippen molar-refractivity contribution in [2.24, 2.45) is 0 Å². The van der Waals surface area contributed by atoms with E-state index < -0.39 is 24.1 Å². The van der Waals surface area contributed by atoms with Crippen molar-refractivity contribution < 1.29 is 19.7 Å². The summed E-state index contributed by atoms with van der Waals surface area (Å²) in [6.45, 7) is 3.55. The van der Waals surface area contributed by atoms with E-state index in [1.54, 1.807) is 6.07 Å². The van der Waals surface area contributed by atoms with Crippen molar-refractivity contribution in [3.8, 4) is 11.6 Å². The van der Waals surface area contributed by atoms with Gasteiger partial charge in [0.15, 0.2) is 0 Å². The number of rotatable bonds is 4. The molecule has 2 N–H and O–H groups in total. The van der Waals surface area contributed by atoms with Crippen LogP contribution in [-0.2, 0) is 4.74 Å². The van der Waals surface area contributed by atoms with Crippen LogP contribution < -0.4 is 10.4 Å². The van der Waals surface area contributed by atoms with Crippen LogP contribution in [0.1, 0.15) is 23.8 Å². The fraction of sp³-hybridized carbons (Fsp3) is 0.412. The Bertz CT molecular complexity index is 769. The van der Waals surface area contributed by atoms with E-state index in [1.807, 2.05) is 32.0 Å². The van der Waals surface area contributed by atoms with E-state index >= 15 is 0 Å². The molecule has 1 aliphatic rings. The molecule has 0 saturated carbocycles. The molecule has 24 heavy (non-hydrogen) atoms. The number of aromatic nitrogens is 2. The molecular formula is C17H20N2O5. The monoisotopic (exact) mass is 332 g/mol. The van der Waals surface area contributed by atoms with Crippen LogP contribution in [0.25, 0.3) is 0 Å². The van der Waals surface area contributed by atoms with Crippen molar-refractivity contribution in [2.75, 3.05) is 6.61 Å². The molecular weight excluding hydrogens is 312 g/mol. The number of benzene rings is 1. The van der Waals surface area contributed by atoms with Gasteiger partial charge in [0, 0.05) is 18.7 Å². The molecule has 1 saturated heterocycles. The van der Waals surface area contributed by atoms with Crippen molar-refractivity contribution in [3.63, 3.8) is 0 Å². The Kier molecular flexibility index (Phi) is 4.66. The molecule has 2 aromatic rings. The standard InChI is InChI=1S/C17H20N2O5/c1-10-4-3-5-11(2)16(10)24-14-6-7-19(17(22)18-14)15-8-12(21)13(9-20)23-15/h3-7,12-13,15,20-21H,8-9H2,1-2H3/t12-,13+,15+/m0/s1. The minimum atomic E-state index is -0.808. The molecule has 3 atom stereocenters. The summed E-state index contributed by atoms with van der Waals surface area (Å²) in [6, 6.07) is 7.36. The van der Waals surface area contributed by atoms with Crippen molar-refractivity contribution in [1.29, 1.82) is 0 Å². The van der Waals surface area contributed by atoms with Gasteiger partial charge in [-0.05, 0) is 25.0 Å². The summed E-state index contributed by atoms with van der Waals surface area (Å²) in [5, 5.41) is 18.9. The van der Waals surface area contributed by atoms with Crippen LogP contribution in [-0.4, -0.2) is 38.6 Å². The minimum absolute atomic E-state index is 0.200. The lowest BCUT2D eigenvalue weighted by atomic mass is 10.1. The van der Waals surface area contributed by atoms with Gasteiger partial charge in [-0.3, -0.25) is 4.57 Å². The normalized spacial score (nSPS) is 23.4.